The van der Waals surface area contributed by atoms with E-state index in [1.807, 2.05) is 0 Å². The third-order valence-electron chi connectivity index (χ3n) is 2.50. The maximum Gasteiger partial charge on any atom is 0.128 e. The van der Waals surface area contributed by atoms with Gasteiger partial charge in [-0.1, -0.05) is 0 Å². The summed E-state index contributed by atoms with van der Waals surface area (Å²) >= 11 is 0. The monoisotopic (exact) mass is 176 g/mol. The van der Waals surface area contributed by atoms with Crippen LogP contribution in [0.2, 0.25) is 0 Å². The van der Waals surface area contributed by atoms with Gasteiger partial charge in [0.15, 0.2) is 0 Å². The quantitative estimate of drug-likeness (QED) is 0.653. The van der Waals surface area contributed by atoms with Crippen LogP contribution in [0.5, 0.6) is 0 Å². The van der Waals surface area contributed by atoms with E-state index in [0.29, 0.717) is 11.1 Å². The van der Waals surface area contributed by atoms with Gasteiger partial charge in [0.05, 0.1) is 11.6 Å². The van der Waals surface area contributed by atoms with E-state index in [9.17, 15) is 4.39 Å². The van der Waals surface area contributed by atoms with Crippen LogP contribution in [-0.4, -0.2) is 0 Å². The fourth-order valence-electron chi connectivity index (χ4n) is 1.86. The van der Waals surface area contributed by atoms with E-state index in [4.69, 9.17) is 11.0 Å². The van der Waals surface area contributed by atoms with Gasteiger partial charge in [0, 0.05) is 11.6 Å². The number of nitriles is 1. The molecular formula is C10H9FN2. The highest BCUT2D eigenvalue weighted by atomic mass is 19.1. The highest BCUT2D eigenvalue weighted by Gasteiger charge is 2.25. The van der Waals surface area contributed by atoms with Crippen molar-refractivity contribution in [2.45, 2.75) is 18.9 Å². The highest BCUT2D eigenvalue weighted by molar-refractivity contribution is 5.47. The van der Waals surface area contributed by atoms with Crippen molar-refractivity contribution in [1.29, 1.82) is 5.26 Å². The van der Waals surface area contributed by atoms with Crippen molar-refractivity contribution in [3.05, 3.63) is 34.6 Å². The molecule has 0 amide bonds. The average Bonchev–Trinajstić information content (AvgIpc) is 2.50. The van der Waals surface area contributed by atoms with Crippen molar-refractivity contribution in [3.8, 4) is 6.07 Å². The Hall–Kier alpha value is -1.40. The lowest BCUT2D eigenvalue weighted by atomic mass is 10.0. The second kappa shape index (κ2) is 2.82. The van der Waals surface area contributed by atoms with Crippen LogP contribution in [0.3, 0.4) is 0 Å². The summed E-state index contributed by atoms with van der Waals surface area (Å²) in [7, 11) is 0. The Balaban J connectivity index is 2.67. The number of hydrogen-bond acceptors (Lipinski definition) is 2. The number of nitrogens with two attached hydrogens (primary N) is 1. The van der Waals surface area contributed by atoms with Gasteiger partial charge < -0.3 is 5.73 Å². The second-order valence-corrected chi connectivity index (χ2v) is 3.24. The first kappa shape index (κ1) is 8.21. The van der Waals surface area contributed by atoms with E-state index in [0.717, 1.165) is 18.4 Å². The minimum absolute atomic E-state index is 0.233. The lowest BCUT2D eigenvalue weighted by molar-refractivity contribution is 0.589. The van der Waals surface area contributed by atoms with Crippen LogP contribution in [0.15, 0.2) is 12.1 Å². The standard InChI is InChI=1S/C10H9FN2/c11-8-3-1-6(5-12)7-2-4-9(13)10(7)8/h1,3,9H,2,4,13H2. The van der Waals surface area contributed by atoms with Crippen LogP contribution in [0.25, 0.3) is 0 Å². The zero-order valence-corrected chi connectivity index (χ0v) is 7.05. The fourth-order valence-corrected chi connectivity index (χ4v) is 1.86. The summed E-state index contributed by atoms with van der Waals surface area (Å²) in [5.74, 6) is -0.279. The molecule has 0 aromatic heterocycles. The molecule has 0 heterocycles. The molecule has 2 rings (SSSR count). The first-order valence-corrected chi connectivity index (χ1v) is 4.21. The summed E-state index contributed by atoms with van der Waals surface area (Å²) in [5, 5.41) is 8.77. The van der Waals surface area contributed by atoms with E-state index in [1.165, 1.54) is 12.1 Å². The molecule has 3 heteroatoms. The predicted octanol–water partition coefficient (Wildman–Crippen LogP) is 1.64. The van der Waals surface area contributed by atoms with Crippen LogP contribution in [0, 0.1) is 17.1 Å². The molecule has 0 saturated heterocycles. The number of rotatable bonds is 0. The summed E-state index contributed by atoms with van der Waals surface area (Å²) in [5.41, 5.74) is 7.62. The van der Waals surface area contributed by atoms with Gasteiger partial charge in [-0.25, -0.2) is 4.39 Å². The van der Waals surface area contributed by atoms with Crippen molar-refractivity contribution >= 4 is 0 Å². The maximum absolute atomic E-state index is 13.3. The Kier molecular flexibility index (Phi) is 1.78. The predicted molar refractivity (Wildman–Crippen MR) is 46.4 cm³/mol. The Morgan fingerprint density at radius 3 is 3.00 bits per heavy atom. The van der Waals surface area contributed by atoms with Gasteiger partial charge in [0.25, 0.3) is 0 Å². The fraction of sp³-hybridized carbons (Fsp3) is 0.300. The molecule has 1 unspecified atom stereocenters. The second-order valence-electron chi connectivity index (χ2n) is 3.24. The summed E-state index contributed by atoms with van der Waals surface area (Å²) in [6, 6.07) is 4.66. The molecule has 1 aromatic rings. The molecule has 0 radical (unpaired) electrons. The molecule has 1 aliphatic rings. The molecule has 0 aliphatic heterocycles. The number of fused-ring (bicyclic) bond motifs is 1. The van der Waals surface area contributed by atoms with Gasteiger partial charge in [-0.3, -0.25) is 0 Å². The Labute approximate surface area is 75.8 Å². The summed E-state index contributed by atoms with van der Waals surface area (Å²) in [6.07, 6.45) is 1.46. The van der Waals surface area contributed by atoms with E-state index in [2.05, 4.69) is 6.07 Å². The molecule has 2 nitrogen and oxygen atoms in total. The first-order chi connectivity index (χ1) is 6.24. The molecule has 0 bridgehead atoms. The molecular weight excluding hydrogens is 167 g/mol. The van der Waals surface area contributed by atoms with Crippen molar-refractivity contribution in [1.82, 2.24) is 0 Å². The number of benzene rings is 1. The molecule has 66 valence electrons. The molecule has 2 N–H and O–H groups in total. The third kappa shape index (κ3) is 1.11. The lowest BCUT2D eigenvalue weighted by Crippen LogP contribution is -2.07. The van der Waals surface area contributed by atoms with E-state index in [-0.39, 0.29) is 11.9 Å². The third-order valence-corrected chi connectivity index (χ3v) is 2.50. The zero-order chi connectivity index (χ0) is 9.42. The normalized spacial score (nSPS) is 19.6. The first-order valence-electron chi connectivity index (χ1n) is 4.21. The molecule has 1 atom stereocenters. The van der Waals surface area contributed by atoms with Crippen molar-refractivity contribution in [2.75, 3.05) is 0 Å². The molecule has 0 spiro atoms. The van der Waals surface area contributed by atoms with Gasteiger partial charge in [0.2, 0.25) is 0 Å². The van der Waals surface area contributed by atoms with Crippen LogP contribution >= 0.6 is 0 Å². The van der Waals surface area contributed by atoms with Crippen LogP contribution in [-0.2, 0) is 6.42 Å². The van der Waals surface area contributed by atoms with Crippen molar-refractivity contribution in [2.24, 2.45) is 5.73 Å². The minimum atomic E-state index is -0.279. The van der Waals surface area contributed by atoms with Gasteiger partial charge in [0.1, 0.15) is 5.82 Å². The average molecular weight is 176 g/mol. The largest absolute Gasteiger partial charge is 0.324 e. The smallest absolute Gasteiger partial charge is 0.128 e. The molecule has 1 aliphatic carbocycles. The SMILES string of the molecule is N#Cc1ccc(F)c2c1CCC2N. The van der Waals surface area contributed by atoms with E-state index < -0.39 is 0 Å². The van der Waals surface area contributed by atoms with E-state index >= 15 is 0 Å². The number of hydrogen-bond donors (Lipinski definition) is 1. The van der Waals surface area contributed by atoms with Crippen molar-refractivity contribution < 1.29 is 4.39 Å². The number of nitrogens with zero attached hydrogens (tertiary/aromatic N) is 1. The summed E-state index contributed by atoms with van der Waals surface area (Å²) in [6.45, 7) is 0. The minimum Gasteiger partial charge on any atom is -0.324 e. The van der Waals surface area contributed by atoms with Gasteiger partial charge in [-0.15, -0.1) is 0 Å². The highest BCUT2D eigenvalue weighted by Crippen LogP contribution is 2.33. The molecule has 1 aromatic carbocycles. The Morgan fingerprint density at radius 2 is 2.31 bits per heavy atom. The van der Waals surface area contributed by atoms with Gasteiger partial charge in [-0.05, 0) is 30.5 Å². The molecule has 13 heavy (non-hydrogen) atoms. The lowest BCUT2D eigenvalue weighted by Gasteiger charge is -2.06. The van der Waals surface area contributed by atoms with E-state index in [1.54, 1.807) is 0 Å². The summed E-state index contributed by atoms with van der Waals surface area (Å²) in [4.78, 5) is 0. The molecule has 0 fully saturated rings. The van der Waals surface area contributed by atoms with Crippen molar-refractivity contribution in [3.63, 3.8) is 0 Å². The van der Waals surface area contributed by atoms with Gasteiger partial charge >= 0.3 is 0 Å². The summed E-state index contributed by atoms with van der Waals surface area (Å²) < 4.78 is 13.3. The zero-order valence-electron chi connectivity index (χ0n) is 7.05. The van der Waals surface area contributed by atoms with Gasteiger partial charge in [-0.2, -0.15) is 5.26 Å². The topological polar surface area (TPSA) is 49.8 Å². The van der Waals surface area contributed by atoms with Crippen LogP contribution in [0.4, 0.5) is 4.39 Å². The maximum atomic E-state index is 13.3. The van der Waals surface area contributed by atoms with Crippen LogP contribution in [0.1, 0.15) is 29.2 Å². The Morgan fingerprint density at radius 1 is 1.54 bits per heavy atom. The number of halogens is 1. The molecule has 0 saturated carbocycles. The van der Waals surface area contributed by atoms with Crippen LogP contribution < -0.4 is 5.73 Å². The Bertz CT molecular complexity index is 393.